The van der Waals surface area contributed by atoms with Crippen molar-refractivity contribution in [2.24, 2.45) is 0 Å². The van der Waals surface area contributed by atoms with Crippen molar-refractivity contribution in [1.29, 1.82) is 10.5 Å². The van der Waals surface area contributed by atoms with E-state index in [0.29, 0.717) is 11.3 Å². The summed E-state index contributed by atoms with van der Waals surface area (Å²) in [5.74, 6) is 0.191. The summed E-state index contributed by atoms with van der Waals surface area (Å²) >= 11 is 0. The standard InChI is InChI=1S/C20H14N6O3/c1-29-18-8-7-13(10-17(18)26(27)28)9-14(11-21)19-16(12-22)20(23)25(24-19)15-5-3-2-4-6-15/h2-10H,23H2,1H3/b14-9+. The van der Waals surface area contributed by atoms with Gasteiger partial charge in [-0.05, 0) is 29.8 Å². The van der Waals surface area contributed by atoms with Crippen molar-refractivity contribution in [2.45, 2.75) is 0 Å². The zero-order chi connectivity index (χ0) is 21.0. The second-order valence-electron chi connectivity index (χ2n) is 5.83. The van der Waals surface area contributed by atoms with Crippen molar-refractivity contribution in [1.82, 2.24) is 9.78 Å². The van der Waals surface area contributed by atoms with E-state index < -0.39 is 4.92 Å². The Labute approximate surface area is 165 Å². The minimum Gasteiger partial charge on any atom is -0.490 e. The summed E-state index contributed by atoms with van der Waals surface area (Å²) in [5.41, 5.74) is 7.02. The molecule has 0 saturated heterocycles. The average molecular weight is 386 g/mol. The number of nitrogens with zero attached hydrogens (tertiary/aromatic N) is 5. The molecule has 9 heteroatoms. The van der Waals surface area contributed by atoms with Gasteiger partial charge in [-0.2, -0.15) is 15.6 Å². The van der Waals surface area contributed by atoms with Crippen molar-refractivity contribution in [3.63, 3.8) is 0 Å². The fourth-order valence-electron chi connectivity index (χ4n) is 2.76. The van der Waals surface area contributed by atoms with Crippen LogP contribution in [0.2, 0.25) is 0 Å². The van der Waals surface area contributed by atoms with Crippen LogP contribution in [0.3, 0.4) is 0 Å². The van der Waals surface area contributed by atoms with Gasteiger partial charge in [-0.15, -0.1) is 0 Å². The van der Waals surface area contributed by atoms with E-state index in [1.807, 2.05) is 18.2 Å². The zero-order valence-corrected chi connectivity index (χ0v) is 15.2. The fraction of sp³-hybridized carbons (Fsp3) is 0.0500. The Hall–Kier alpha value is -4.63. The molecule has 2 aromatic carbocycles. The highest BCUT2D eigenvalue weighted by atomic mass is 16.6. The van der Waals surface area contributed by atoms with E-state index in [4.69, 9.17) is 10.5 Å². The van der Waals surface area contributed by atoms with E-state index in [1.54, 1.807) is 30.3 Å². The second kappa shape index (κ2) is 7.94. The van der Waals surface area contributed by atoms with E-state index in [2.05, 4.69) is 5.10 Å². The van der Waals surface area contributed by atoms with Gasteiger partial charge >= 0.3 is 5.69 Å². The Morgan fingerprint density at radius 2 is 2.00 bits per heavy atom. The van der Waals surface area contributed by atoms with Crippen LogP contribution in [0.25, 0.3) is 17.3 Å². The van der Waals surface area contributed by atoms with Crippen LogP contribution in [-0.4, -0.2) is 21.8 Å². The quantitative estimate of drug-likeness (QED) is 0.402. The number of ether oxygens (including phenoxy) is 1. The molecule has 0 bridgehead atoms. The first-order chi connectivity index (χ1) is 14.0. The third kappa shape index (κ3) is 3.61. The number of nitriles is 2. The summed E-state index contributed by atoms with van der Waals surface area (Å²) < 4.78 is 6.35. The van der Waals surface area contributed by atoms with Crippen molar-refractivity contribution in [3.8, 4) is 23.6 Å². The van der Waals surface area contributed by atoms with Gasteiger partial charge in [0.05, 0.1) is 23.3 Å². The van der Waals surface area contributed by atoms with Crippen LogP contribution in [0.5, 0.6) is 5.75 Å². The number of para-hydroxylation sites is 1. The normalized spacial score (nSPS) is 10.8. The number of anilines is 1. The third-order valence-corrected chi connectivity index (χ3v) is 4.12. The average Bonchev–Trinajstić information content (AvgIpc) is 3.08. The summed E-state index contributed by atoms with van der Waals surface area (Å²) in [6, 6.07) is 17.2. The number of rotatable bonds is 5. The molecule has 0 aliphatic carbocycles. The first kappa shape index (κ1) is 19.1. The van der Waals surface area contributed by atoms with Crippen LogP contribution in [0, 0.1) is 32.8 Å². The molecule has 0 atom stereocenters. The Kier molecular flexibility index (Phi) is 5.24. The first-order valence-electron chi connectivity index (χ1n) is 8.28. The van der Waals surface area contributed by atoms with E-state index in [-0.39, 0.29) is 34.1 Å². The summed E-state index contributed by atoms with van der Waals surface area (Å²) in [6.45, 7) is 0. The molecule has 2 N–H and O–H groups in total. The molecule has 9 nitrogen and oxygen atoms in total. The van der Waals surface area contributed by atoms with Crippen LogP contribution in [0.15, 0.2) is 48.5 Å². The third-order valence-electron chi connectivity index (χ3n) is 4.12. The number of hydrogen-bond acceptors (Lipinski definition) is 7. The highest BCUT2D eigenvalue weighted by Gasteiger charge is 2.21. The minimum atomic E-state index is -0.578. The van der Waals surface area contributed by atoms with Gasteiger partial charge in [0.1, 0.15) is 29.2 Å². The molecule has 29 heavy (non-hydrogen) atoms. The number of allylic oxidation sites excluding steroid dienone is 1. The highest BCUT2D eigenvalue weighted by Crippen LogP contribution is 2.31. The highest BCUT2D eigenvalue weighted by molar-refractivity contribution is 5.91. The maximum Gasteiger partial charge on any atom is 0.311 e. The van der Waals surface area contributed by atoms with Gasteiger partial charge in [0.25, 0.3) is 0 Å². The van der Waals surface area contributed by atoms with Crippen molar-refractivity contribution >= 4 is 23.2 Å². The van der Waals surface area contributed by atoms with Crippen LogP contribution in [0.4, 0.5) is 11.5 Å². The molecule has 0 aliphatic heterocycles. The van der Waals surface area contributed by atoms with E-state index in [0.717, 1.165) is 0 Å². The number of nitro groups is 1. The molecule has 0 radical (unpaired) electrons. The summed E-state index contributed by atoms with van der Waals surface area (Å²) in [6.07, 6.45) is 1.41. The molecular weight excluding hydrogens is 372 g/mol. The van der Waals surface area contributed by atoms with E-state index >= 15 is 0 Å². The van der Waals surface area contributed by atoms with Gasteiger partial charge in [-0.25, -0.2) is 4.68 Å². The van der Waals surface area contributed by atoms with E-state index in [1.165, 1.54) is 30.0 Å². The van der Waals surface area contributed by atoms with Gasteiger partial charge in [-0.3, -0.25) is 10.1 Å². The first-order valence-corrected chi connectivity index (χ1v) is 8.28. The van der Waals surface area contributed by atoms with Crippen molar-refractivity contribution in [3.05, 3.63) is 75.5 Å². The van der Waals surface area contributed by atoms with Crippen LogP contribution in [0.1, 0.15) is 16.8 Å². The second-order valence-corrected chi connectivity index (χ2v) is 5.83. The molecular formula is C20H14N6O3. The number of nitrogen functional groups attached to an aromatic ring is 1. The lowest BCUT2D eigenvalue weighted by molar-refractivity contribution is -0.385. The number of hydrogen-bond donors (Lipinski definition) is 1. The molecule has 142 valence electrons. The summed E-state index contributed by atoms with van der Waals surface area (Å²) in [5, 5.41) is 34.7. The summed E-state index contributed by atoms with van der Waals surface area (Å²) in [4.78, 5) is 10.6. The molecule has 3 aromatic rings. The molecule has 0 fully saturated rings. The monoisotopic (exact) mass is 386 g/mol. The van der Waals surface area contributed by atoms with Crippen molar-refractivity contribution < 1.29 is 9.66 Å². The Balaban J connectivity index is 2.15. The SMILES string of the molecule is COc1ccc(/C=C(\C#N)c2nn(-c3ccccc3)c(N)c2C#N)cc1[N+](=O)[O-]. The smallest absolute Gasteiger partial charge is 0.311 e. The van der Waals surface area contributed by atoms with Gasteiger partial charge in [0, 0.05) is 6.07 Å². The molecule has 0 aliphatic rings. The van der Waals surface area contributed by atoms with Crippen LogP contribution in [-0.2, 0) is 0 Å². The maximum absolute atomic E-state index is 11.2. The fourth-order valence-corrected chi connectivity index (χ4v) is 2.76. The molecule has 0 saturated carbocycles. The topological polar surface area (TPSA) is 144 Å². The number of nitrogens with two attached hydrogens (primary N) is 1. The summed E-state index contributed by atoms with van der Waals surface area (Å²) in [7, 11) is 1.33. The van der Waals surface area contributed by atoms with Gasteiger partial charge < -0.3 is 10.5 Å². The van der Waals surface area contributed by atoms with Gasteiger partial charge in [0.15, 0.2) is 5.75 Å². The number of aromatic nitrogens is 2. The van der Waals surface area contributed by atoms with Gasteiger partial charge in [-0.1, -0.05) is 24.3 Å². The predicted molar refractivity (Wildman–Crippen MR) is 106 cm³/mol. The molecule has 3 rings (SSSR count). The number of methoxy groups -OCH3 is 1. The molecule has 1 heterocycles. The van der Waals surface area contributed by atoms with Gasteiger partial charge in [0.2, 0.25) is 0 Å². The van der Waals surface area contributed by atoms with Crippen LogP contribution < -0.4 is 10.5 Å². The molecule has 0 amide bonds. The lowest BCUT2D eigenvalue weighted by atomic mass is 10.1. The Morgan fingerprint density at radius 3 is 2.59 bits per heavy atom. The lowest BCUT2D eigenvalue weighted by Gasteiger charge is -2.03. The Bertz CT molecular complexity index is 1200. The number of benzene rings is 2. The molecule has 0 spiro atoms. The Morgan fingerprint density at radius 1 is 1.28 bits per heavy atom. The molecule has 0 unspecified atom stereocenters. The predicted octanol–water partition coefficient (Wildman–Crippen LogP) is 3.31. The molecule has 1 aromatic heterocycles. The van der Waals surface area contributed by atoms with Crippen molar-refractivity contribution in [2.75, 3.05) is 12.8 Å². The zero-order valence-electron chi connectivity index (χ0n) is 15.2. The maximum atomic E-state index is 11.2. The van der Waals surface area contributed by atoms with E-state index in [9.17, 15) is 20.6 Å². The van der Waals surface area contributed by atoms with Crippen LogP contribution >= 0.6 is 0 Å². The minimum absolute atomic E-state index is 0.0439. The number of nitro benzene ring substituents is 1. The largest absolute Gasteiger partial charge is 0.490 e. The lowest BCUT2D eigenvalue weighted by Crippen LogP contribution is -2.02.